The number of fused-ring (bicyclic) bond motifs is 1. The van der Waals surface area contributed by atoms with Gasteiger partial charge >= 0.3 is 5.69 Å². The number of hydrogen-bond acceptors (Lipinski definition) is 6. The topological polar surface area (TPSA) is 103 Å². The van der Waals surface area contributed by atoms with Crippen LogP contribution in [-0.4, -0.2) is 46.0 Å². The molecule has 0 unspecified atom stereocenters. The van der Waals surface area contributed by atoms with E-state index in [2.05, 4.69) is 5.32 Å². The van der Waals surface area contributed by atoms with Crippen molar-refractivity contribution in [1.29, 1.82) is 0 Å². The minimum absolute atomic E-state index is 0.212. The number of thiophene rings is 1. The van der Waals surface area contributed by atoms with Crippen LogP contribution in [0.2, 0.25) is 0 Å². The maximum Gasteiger partial charge on any atom is 0.337 e. The number of nitrogens with zero attached hydrogens (tertiary/aromatic N) is 3. The molecule has 37 heavy (non-hydrogen) atoms. The Balaban J connectivity index is 1.88. The Morgan fingerprint density at radius 1 is 1.00 bits per heavy atom. The Kier molecular flexibility index (Phi) is 7.58. The first-order valence-electron chi connectivity index (χ1n) is 11.9. The third-order valence-electron chi connectivity index (χ3n) is 6.15. The summed E-state index contributed by atoms with van der Waals surface area (Å²) in [5, 5.41) is 3.03. The number of carbonyl (C=O) groups excluding carboxylic acids is 2. The number of amides is 2. The summed E-state index contributed by atoms with van der Waals surface area (Å²) >= 11 is 1.07. The van der Waals surface area contributed by atoms with Crippen molar-refractivity contribution < 1.29 is 14.3 Å². The second kappa shape index (κ2) is 10.8. The van der Waals surface area contributed by atoms with Crippen molar-refractivity contribution in [2.75, 3.05) is 25.5 Å². The zero-order valence-electron chi connectivity index (χ0n) is 21.1. The molecule has 9 nitrogen and oxygen atoms in total. The number of aromatic nitrogens is 2. The molecular weight excluding hydrogens is 492 g/mol. The highest BCUT2D eigenvalue weighted by Crippen LogP contribution is 2.29. The molecule has 0 spiro atoms. The summed E-state index contributed by atoms with van der Waals surface area (Å²) < 4.78 is 7.46. The first-order valence-corrected chi connectivity index (χ1v) is 12.7. The normalized spacial score (nSPS) is 10.9. The van der Waals surface area contributed by atoms with E-state index in [1.165, 1.54) is 4.57 Å². The van der Waals surface area contributed by atoms with Gasteiger partial charge in [0.25, 0.3) is 11.5 Å². The number of methoxy groups -OCH3 is 1. The van der Waals surface area contributed by atoms with Gasteiger partial charge in [-0.15, -0.1) is 11.3 Å². The maximum atomic E-state index is 13.7. The van der Waals surface area contributed by atoms with Gasteiger partial charge in [0, 0.05) is 18.8 Å². The molecule has 2 heterocycles. The van der Waals surface area contributed by atoms with Crippen LogP contribution in [-0.2, 0) is 11.3 Å². The van der Waals surface area contributed by atoms with E-state index in [9.17, 15) is 19.2 Å². The van der Waals surface area contributed by atoms with Crippen molar-refractivity contribution in [2.24, 2.45) is 0 Å². The Morgan fingerprint density at radius 3 is 2.24 bits per heavy atom. The minimum atomic E-state index is -0.656. The van der Waals surface area contributed by atoms with E-state index in [-0.39, 0.29) is 17.8 Å². The molecule has 2 aromatic heterocycles. The number of rotatable bonds is 8. The fraction of sp³-hybridized carbons (Fsp3) is 0.259. The fourth-order valence-electron chi connectivity index (χ4n) is 4.17. The lowest BCUT2D eigenvalue weighted by Crippen LogP contribution is -2.40. The van der Waals surface area contributed by atoms with Crippen molar-refractivity contribution in [1.82, 2.24) is 14.0 Å². The van der Waals surface area contributed by atoms with Crippen LogP contribution in [0.3, 0.4) is 0 Å². The van der Waals surface area contributed by atoms with Crippen molar-refractivity contribution in [3.63, 3.8) is 0 Å². The predicted molar refractivity (Wildman–Crippen MR) is 145 cm³/mol. The number of anilines is 1. The van der Waals surface area contributed by atoms with Crippen molar-refractivity contribution in [2.45, 2.75) is 27.3 Å². The van der Waals surface area contributed by atoms with Crippen molar-refractivity contribution in [3.05, 3.63) is 85.9 Å². The number of para-hydroxylation sites is 1. The molecule has 0 aliphatic carbocycles. The summed E-state index contributed by atoms with van der Waals surface area (Å²) in [5.74, 6) is -0.0177. The fourth-order valence-corrected chi connectivity index (χ4v) is 5.43. The molecular formula is C27H28N4O5S. The molecule has 0 aliphatic rings. The van der Waals surface area contributed by atoms with Crippen LogP contribution in [0, 0.1) is 6.92 Å². The van der Waals surface area contributed by atoms with Gasteiger partial charge in [0.15, 0.2) is 0 Å². The van der Waals surface area contributed by atoms with Gasteiger partial charge in [-0.05, 0) is 62.7 Å². The first-order chi connectivity index (χ1) is 17.8. The second-order valence-corrected chi connectivity index (χ2v) is 9.33. The van der Waals surface area contributed by atoms with Gasteiger partial charge in [-0.2, -0.15) is 0 Å². The summed E-state index contributed by atoms with van der Waals surface area (Å²) in [6.45, 7) is 6.15. The third kappa shape index (κ3) is 4.92. The number of ether oxygens (including phenoxy) is 1. The quantitative estimate of drug-likeness (QED) is 0.382. The summed E-state index contributed by atoms with van der Waals surface area (Å²) in [5.41, 5.74) is 0.232. The molecule has 2 aromatic carbocycles. The van der Waals surface area contributed by atoms with E-state index in [1.54, 1.807) is 73.5 Å². The molecule has 1 N–H and O–H groups in total. The number of hydrogen-bond donors (Lipinski definition) is 1. The standard InChI is InChI=1S/C27H28N4O5S/c1-5-29(6-2)25(34)23-17(3)22-24(33)31(19-10-8-7-9-11-19)27(35)30(26(22)37-23)16-21(32)28-18-12-14-20(36-4)15-13-18/h7-15H,5-6,16H2,1-4H3,(H,28,32). The number of nitrogens with one attached hydrogen (secondary N) is 1. The van der Waals surface area contributed by atoms with Crippen LogP contribution in [0.25, 0.3) is 15.9 Å². The molecule has 0 atom stereocenters. The SMILES string of the molecule is CCN(CC)C(=O)c1sc2c(c1C)c(=O)n(-c1ccccc1)c(=O)n2CC(=O)Nc1ccc(OC)cc1. The molecule has 0 bridgehead atoms. The molecule has 4 aromatic rings. The molecule has 2 amide bonds. The van der Waals surface area contributed by atoms with E-state index in [1.807, 2.05) is 13.8 Å². The number of benzene rings is 2. The van der Waals surface area contributed by atoms with Crippen molar-refractivity contribution in [3.8, 4) is 11.4 Å². The summed E-state index contributed by atoms with van der Waals surface area (Å²) in [4.78, 5) is 55.9. The molecule has 0 saturated carbocycles. The Bertz CT molecular complexity index is 1570. The molecule has 0 aliphatic heterocycles. The van der Waals surface area contributed by atoms with Gasteiger partial charge in [0.2, 0.25) is 5.91 Å². The van der Waals surface area contributed by atoms with Crippen LogP contribution >= 0.6 is 11.3 Å². The zero-order valence-corrected chi connectivity index (χ0v) is 21.9. The third-order valence-corrected chi connectivity index (χ3v) is 7.45. The lowest BCUT2D eigenvalue weighted by Gasteiger charge is -2.17. The minimum Gasteiger partial charge on any atom is -0.497 e. The van der Waals surface area contributed by atoms with E-state index in [0.717, 1.165) is 15.9 Å². The molecule has 0 saturated heterocycles. The van der Waals surface area contributed by atoms with Crippen molar-refractivity contribution >= 4 is 39.1 Å². The monoisotopic (exact) mass is 520 g/mol. The van der Waals surface area contributed by atoms with Gasteiger partial charge in [0.05, 0.1) is 23.1 Å². The smallest absolute Gasteiger partial charge is 0.337 e. The van der Waals surface area contributed by atoms with Gasteiger partial charge in [-0.1, -0.05) is 18.2 Å². The van der Waals surface area contributed by atoms with E-state index in [4.69, 9.17) is 4.74 Å². The lowest BCUT2D eigenvalue weighted by molar-refractivity contribution is -0.116. The molecule has 0 fully saturated rings. The molecule has 0 radical (unpaired) electrons. The lowest BCUT2D eigenvalue weighted by atomic mass is 10.2. The average molecular weight is 521 g/mol. The van der Waals surface area contributed by atoms with Crippen LogP contribution in [0.5, 0.6) is 5.75 Å². The second-order valence-electron chi connectivity index (χ2n) is 8.34. The maximum absolute atomic E-state index is 13.7. The predicted octanol–water partition coefficient (Wildman–Crippen LogP) is 3.65. The van der Waals surface area contributed by atoms with E-state index in [0.29, 0.717) is 45.5 Å². The highest BCUT2D eigenvalue weighted by molar-refractivity contribution is 7.20. The highest BCUT2D eigenvalue weighted by atomic mass is 32.1. The van der Waals surface area contributed by atoms with Gasteiger partial charge in [-0.3, -0.25) is 19.0 Å². The van der Waals surface area contributed by atoms with Crippen LogP contribution in [0.15, 0.2) is 64.2 Å². The number of aryl methyl sites for hydroxylation is 1. The summed E-state index contributed by atoms with van der Waals surface area (Å²) in [6, 6.07) is 15.3. The summed E-state index contributed by atoms with van der Waals surface area (Å²) in [7, 11) is 1.55. The van der Waals surface area contributed by atoms with Crippen LogP contribution in [0.4, 0.5) is 5.69 Å². The molecule has 10 heteroatoms. The summed E-state index contributed by atoms with van der Waals surface area (Å²) in [6.07, 6.45) is 0. The largest absolute Gasteiger partial charge is 0.497 e. The highest BCUT2D eigenvalue weighted by Gasteiger charge is 2.26. The molecule has 4 rings (SSSR count). The number of carbonyl (C=O) groups is 2. The first kappa shape index (κ1) is 25.9. The van der Waals surface area contributed by atoms with Gasteiger partial charge in [-0.25, -0.2) is 9.36 Å². The Labute approximate surface area is 217 Å². The Hall–Kier alpha value is -4.18. The Morgan fingerprint density at radius 2 is 1.65 bits per heavy atom. The van der Waals surface area contributed by atoms with Crippen LogP contribution in [0.1, 0.15) is 29.1 Å². The van der Waals surface area contributed by atoms with Gasteiger partial charge in [0.1, 0.15) is 17.1 Å². The molecule has 192 valence electrons. The zero-order chi connectivity index (χ0) is 26.7. The van der Waals surface area contributed by atoms with E-state index >= 15 is 0 Å². The van der Waals surface area contributed by atoms with E-state index < -0.39 is 17.2 Å². The average Bonchev–Trinajstić information content (AvgIpc) is 3.25. The van der Waals surface area contributed by atoms with Gasteiger partial charge < -0.3 is 15.0 Å². The van der Waals surface area contributed by atoms with Crippen LogP contribution < -0.4 is 21.3 Å².